The highest BCUT2D eigenvalue weighted by Crippen LogP contribution is 2.32. The van der Waals surface area contributed by atoms with E-state index < -0.39 is 23.1 Å². The maximum atomic E-state index is 14.6. The summed E-state index contributed by atoms with van der Waals surface area (Å²) in [5.74, 6) is -1.19. The van der Waals surface area contributed by atoms with Crippen LogP contribution in [0.1, 0.15) is 17.0 Å². The summed E-state index contributed by atoms with van der Waals surface area (Å²) in [6.45, 7) is 1.75. The van der Waals surface area contributed by atoms with Gasteiger partial charge < -0.3 is 18.8 Å². The number of benzene rings is 3. The standard InChI is InChI=1S/C24H22FN3O3S/c1-27(2)20-8-3-7-17-16(20)6-4-9-23(17)32(30)26-24(29)22-14-18-19(25)12-15(13-21(18)31-22)28-10-5-11-28/h3-4,6-9,12-14H,5,10-11H2,1-2H3,(H,26,29). The second-order valence-corrected chi connectivity index (χ2v) is 9.19. The zero-order valence-electron chi connectivity index (χ0n) is 17.7. The highest BCUT2D eigenvalue weighted by molar-refractivity contribution is 7.90. The van der Waals surface area contributed by atoms with E-state index in [1.165, 1.54) is 12.1 Å². The lowest BCUT2D eigenvalue weighted by molar-refractivity contribution is 0.0956. The summed E-state index contributed by atoms with van der Waals surface area (Å²) in [5, 5.41) is 1.94. The molecule has 4 aromatic rings. The van der Waals surface area contributed by atoms with Gasteiger partial charge in [0, 0.05) is 61.5 Å². The molecule has 1 aromatic heterocycles. The van der Waals surface area contributed by atoms with Crippen LogP contribution < -0.4 is 14.5 Å². The fourth-order valence-electron chi connectivity index (χ4n) is 3.96. The lowest BCUT2D eigenvalue weighted by atomic mass is 10.1. The van der Waals surface area contributed by atoms with Gasteiger partial charge in [-0.05, 0) is 30.7 Å². The number of nitrogens with zero attached hydrogens (tertiary/aromatic N) is 2. The summed E-state index contributed by atoms with van der Waals surface area (Å²) in [7, 11) is 3.88. The van der Waals surface area contributed by atoms with E-state index >= 15 is 0 Å². The van der Waals surface area contributed by atoms with Crippen molar-refractivity contribution in [1.82, 2.24) is 4.72 Å². The van der Waals surface area contributed by atoms with Crippen LogP contribution in [0.15, 0.2) is 63.9 Å². The summed E-state index contributed by atoms with van der Waals surface area (Å²) in [6.07, 6.45) is 1.07. The Balaban J connectivity index is 1.43. The van der Waals surface area contributed by atoms with E-state index in [1.54, 1.807) is 12.1 Å². The third-order valence-electron chi connectivity index (χ3n) is 5.74. The fourth-order valence-corrected chi connectivity index (χ4v) is 4.92. The Morgan fingerprint density at radius 1 is 1.09 bits per heavy atom. The predicted octanol–water partition coefficient (Wildman–Crippen LogP) is 4.45. The summed E-state index contributed by atoms with van der Waals surface area (Å²) in [5.41, 5.74) is 2.01. The molecule has 1 aliphatic heterocycles. The number of furan rings is 1. The monoisotopic (exact) mass is 451 g/mol. The van der Waals surface area contributed by atoms with Crippen LogP contribution >= 0.6 is 0 Å². The largest absolute Gasteiger partial charge is 0.588 e. The molecular weight excluding hydrogens is 429 g/mol. The average Bonchev–Trinajstić information content (AvgIpc) is 3.16. The number of carbonyl (C=O) groups excluding carboxylic acids is 1. The molecule has 0 saturated carbocycles. The van der Waals surface area contributed by atoms with E-state index in [-0.39, 0.29) is 11.1 Å². The van der Waals surface area contributed by atoms with Crippen molar-refractivity contribution in [3.8, 4) is 0 Å². The molecule has 1 N–H and O–H groups in total. The van der Waals surface area contributed by atoms with Crippen LogP contribution in [0.2, 0.25) is 0 Å². The predicted molar refractivity (Wildman–Crippen MR) is 125 cm³/mol. The number of hydrogen-bond donors (Lipinski definition) is 1. The molecule has 5 rings (SSSR count). The molecule has 8 heteroatoms. The van der Waals surface area contributed by atoms with Crippen molar-refractivity contribution in [3.63, 3.8) is 0 Å². The van der Waals surface area contributed by atoms with Crippen molar-refractivity contribution in [2.45, 2.75) is 11.3 Å². The van der Waals surface area contributed by atoms with E-state index in [1.807, 2.05) is 54.2 Å². The minimum absolute atomic E-state index is 0.0813. The first-order chi connectivity index (χ1) is 15.4. The second kappa shape index (κ2) is 8.03. The van der Waals surface area contributed by atoms with E-state index in [0.717, 1.165) is 41.7 Å². The molecule has 164 valence electrons. The Hall–Kier alpha value is -3.23. The molecule has 0 radical (unpaired) electrons. The number of nitrogens with one attached hydrogen (secondary N) is 1. The summed E-state index contributed by atoms with van der Waals surface area (Å²) in [6, 6.07) is 15.8. The molecule has 1 fully saturated rings. The zero-order chi connectivity index (χ0) is 22.4. The quantitative estimate of drug-likeness (QED) is 0.454. The highest BCUT2D eigenvalue weighted by atomic mass is 32.2. The molecule has 6 nitrogen and oxygen atoms in total. The van der Waals surface area contributed by atoms with Gasteiger partial charge in [0.25, 0.3) is 0 Å². The Morgan fingerprint density at radius 2 is 1.84 bits per heavy atom. The first-order valence-electron chi connectivity index (χ1n) is 10.3. The molecule has 1 unspecified atom stereocenters. The summed E-state index contributed by atoms with van der Waals surface area (Å²) >= 11 is -1.82. The van der Waals surface area contributed by atoms with Gasteiger partial charge in [0.2, 0.25) is 0 Å². The molecule has 1 saturated heterocycles. The van der Waals surface area contributed by atoms with Crippen molar-refractivity contribution in [3.05, 3.63) is 66.2 Å². The Labute approximate surface area is 187 Å². The average molecular weight is 452 g/mol. The Kier molecular flexibility index (Phi) is 5.19. The lowest BCUT2D eigenvalue weighted by Crippen LogP contribution is -2.36. The maximum Gasteiger partial charge on any atom is 0.328 e. The van der Waals surface area contributed by atoms with Crippen LogP contribution in [-0.4, -0.2) is 37.6 Å². The number of fused-ring (bicyclic) bond motifs is 2. The van der Waals surface area contributed by atoms with Gasteiger partial charge in [-0.25, -0.2) is 4.39 Å². The third-order valence-corrected chi connectivity index (χ3v) is 6.87. The van der Waals surface area contributed by atoms with Crippen LogP contribution in [0.4, 0.5) is 15.8 Å². The minimum atomic E-state index is -1.82. The van der Waals surface area contributed by atoms with Gasteiger partial charge in [0.05, 0.1) is 5.39 Å². The van der Waals surface area contributed by atoms with Crippen LogP contribution in [0.25, 0.3) is 21.7 Å². The Morgan fingerprint density at radius 3 is 2.56 bits per heavy atom. The molecular formula is C24H22FN3O3S. The van der Waals surface area contributed by atoms with E-state index in [4.69, 9.17) is 4.42 Å². The normalized spacial score (nSPS) is 14.4. The van der Waals surface area contributed by atoms with Gasteiger partial charge in [0.1, 0.15) is 22.8 Å². The van der Waals surface area contributed by atoms with Gasteiger partial charge >= 0.3 is 5.91 Å². The van der Waals surface area contributed by atoms with Crippen molar-refractivity contribution < 1.29 is 18.2 Å². The highest BCUT2D eigenvalue weighted by Gasteiger charge is 2.24. The molecule has 1 amide bonds. The van der Waals surface area contributed by atoms with Gasteiger partial charge in [-0.15, -0.1) is 0 Å². The number of halogens is 1. The van der Waals surface area contributed by atoms with Crippen LogP contribution in [0, 0.1) is 5.82 Å². The molecule has 32 heavy (non-hydrogen) atoms. The fraction of sp³-hybridized carbons (Fsp3) is 0.208. The second-order valence-electron chi connectivity index (χ2n) is 8.01. The summed E-state index contributed by atoms with van der Waals surface area (Å²) in [4.78, 5) is 17.3. The number of anilines is 2. The molecule has 3 aromatic carbocycles. The smallest absolute Gasteiger partial charge is 0.328 e. The van der Waals surface area contributed by atoms with Gasteiger partial charge in [0.15, 0.2) is 10.7 Å². The molecule has 1 atom stereocenters. The molecule has 0 spiro atoms. The van der Waals surface area contributed by atoms with Crippen molar-refractivity contribution >= 4 is 50.4 Å². The Bertz CT molecular complexity index is 1330. The van der Waals surface area contributed by atoms with Crippen LogP contribution in [-0.2, 0) is 11.4 Å². The van der Waals surface area contributed by atoms with Gasteiger partial charge in [-0.1, -0.05) is 18.2 Å². The van der Waals surface area contributed by atoms with Gasteiger partial charge in [-0.3, -0.25) is 4.79 Å². The molecule has 2 heterocycles. The van der Waals surface area contributed by atoms with Crippen molar-refractivity contribution in [2.24, 2.45) is 0 Å². The maximum absolute atomic E-state index is 14.6. The summed E-state index contributed by atoms with van der Waals surface area (Å²) < 4.78 is 35.7. The molecule has 0 aliphatic carbocycles. The zero-order valence-corrected chi connectivity index (χ0v) is 18.5. The van der Waals surface area contributed by atoms with Crippen LogP contribution in [0.5, 0.6) is 0 Å². The van der Waals surface area contributed by atoms with Crippen molar-refractivity contribution in [2.75, 3.05) is 37.0 Å². The van der Waals surface area contributed by atoms with Crippen LogP contribution in [0.3, 0.4) is 0 Å². The number of rotatable bonds is 5. The van der Waals surface area contributed by atoms with Crippen molar-refractivity contribution in [1.29, 1.82) is 0 Å². The van der Waals surface area contributed by atoms with E-state index in [2.05, 4.69) is 4.72 Å². The first kappa shape index (κ1) is 20.7. The topological polar surface area (TPSA) is 71.8 Å². The number of carbonyl (C=O) groups is 1. The third kappa shape index (κ3) is 3.55. The SMILES string of the molecule is CN(C)c1cccc2c([S+]([O-])NC(=O)c3cc4c(F)cc(N5CCC5)cc4o3)cccc12. The first-order valence-corrected chi connectivity index (χ1v) is 11.5. The number of amides is 1. The minimum Gasteiger partial charge on any atom is -0.588 e. The van der Waals surface area contributed by atoms with Gasteiger partial charge in [-0.2, -0.15) is 4.72 Å². The molecule has 0 bridgehead atoms. The lowest BCUT2D eigenvalue weighted by Gasteiger charge is -2.33. The number of hydrogen-bond acceptors (Lipinski definition) is 5. The molecule has 1 aliphatic rings. The van der Waals surface area contributed by atoms with E-state index in [0.29, 0.717) is 10.5 Å². The van der Waals surface area contributed by atoms with E-state index in [9.17, 15) is 13.7 Å².